The fraction of sp³-hybridized carbons (Fsp3) is 0.333. The molecule has 3 heteroatoms. The van der Waals surface area contributed by atoms with Crippen LogP contribution in [0.4, 0.5) is 0 Å². The van der Waals surface area contributed by atoms with Gasteiger partial charge in [-0.2, -0.15) is 0 Å². The summed E-state index contributed by atoms with van der Waals surface area (Å²) in [6.07, 6.45) is 7.70. The quantitative estimate of drug-likeness (QED) is 0.934. The van der Waals surface area contributed by atoms with Crippen molar-refractivity contribution in [2.24, 2.45) is 0 Å². The molecule has 1 aliphatic carbocycles. The van der Waals surface area contributed by atoms with Gasteiger partial charge in [0.25, 0.3) is 5.91 Å². The van der Waals surface area contributed by atoms with Crippen LogP contribution in [-0.2, 0) is 0 Å². The van der Waals surface area contributed by atoms with Crippen molar-refractivity contribution >= 4 is 5.91 Å². The van der Waals surface area contributed by atoms with Crippen LogP contribution in [0.1, 0.15) is 47.5 Å². The van der Waals surface area contributed by atoms with Crippen LogP contribution < -0.4 is 5.32 Å². The first-order chi connectivity index (χ1) is 10.3. The normalized spacial score (nSPS) is 21.7. The zero-order valence-electron chi connectivity index (χ0n) is 12.0. The Balaban J connectivity index is 1.53. The molecule has 0 atom stereocenters. The van der Waals surface area contributed by atoms with Crippen molar-refractivity contribution in [1.82, 2.24) is 10.3 Å². The van der Waals surface area contributed by atoms with Gasteiger partial charge in [-0.1, -0.05) is 30.3 Å². The topological polar surface area (TPSA) is 42.0 Å². The Kier molecular flexibility index (Phi) is 4.29. The van der Waals surface area contributed by atoms with Gasteiger partial charge in [-0.15, -0.1) is 0 Å². The number of nitrogens with one attached hydrogen (secondary N) is 1. The number of nitrogens with zero attached hydrogens (tertiary/aromatic N) is 1. The lowest BCUT2D eigenvalue weighted by Crippen LogP contribution is -2.37. The summed E-state index contributed by atoms with van der Waals surface area (Å²) < 4.78 is 0. The first-order valence-corrected chi connectivity index (χ1v) is 7.59. The van der Waals surface area contributed by atoms with Crippen LogP contribution in [0.25, 0.3) is 0 Å². The molecule has 1 saturated carbocycles. The minimum atomic E-state index is 0.0144. The molecule has 1 fully saturated rings. The molecule has 1 amide bonds. The molecule has 0 spiro atoms. The van der Waals surface area contributed by atoms with E-state index in [1.165, 1.54) is 5.56 Å². The molecule has 1 aliphatic rings. The molecular formula is C18H20N2O. The highest BCUT2D eigenvalue weighted by Gasteiger charge is 2.23. The largest absolute Gasteiger partial charge is 0.349 e. The minimum absolute atomic E-state index is 0.0144. The number of hydrogen-bond acceptors (Lipinski definition) is 2. The van der Waals surface area contributed by atoms with E-state index in [2.05, 4.69) is 40.6 Å². The molecule has 3 rings (SSSR count). The smallest absolute Gasteiger partial charge is 0.251 e. The molecule has 0 aliphatic heterocycles. The molecular weight excluding hydrogens is 260 g/mol. The maximum atomic E-state index is 12.1. The van der Waals surface area contributed by atoms with Crippen molar-refractivity contribution in [3.05, 3.63) is 66.0 Å². The average Bonchev–Trinajstić information content (AvgIpc) is 2.57. The van der Waals surface area contributed by atoms with Crippen LogP contribution in [-0.4, -0.2) is 16.9 Å². The Morgan fingerprint density at radius 3 is 2.29 bits per heavy atom. The maximum absolute atomic E-state index is 12.1. The zero-order valence-corrected chi connectivity index (χ0v) is 12.0. The van der Waals surface area contributed by atoms with E-state index in [9.17, 15) is 4.79 Å². The standard InChI is InChI=1S/C18H20N2O/c21-18(16-10-12-19-13-11-16)20-17-8-6-15(7-9-17)14-4-2-1-3-5-14/h1-5,10-13,15,17H,6-9H2,(H,20,21). The Morgan fingerprint density at radius 1 is 0.952 bits per heavy atom. The zero-order chi connectivity index (χ0) is 14.5. The summed E-state index contributed by atoms with van der Waals surface area (Å²) in [6, 6.07) is 14.5. The van der Waals surface area contributed by atoms with Gasteiger partial charge in [0.1, 0.15) is 0 Å². The van der Waals surface area contributed by atoms with Gasteiger partial charge in [0.15, 0.2) is 0 Å². The van der Waals surface area contributed by atoms with Gasteiger partial charge < -0.3 is 5.32 Å². The van der Waals surface area contributed by atoms with E-state index in [0.29, 0.717) is 17.5 Å². The number of aromatic nitrogens is 1. The molecule has 1 aromatic carbocycles. The van der Waals surface area contributed by atoms with E-state index in [-0.39, 0.29) is 5.91 Å². The lowest BCUT2D eigenvalue weighted by atomic mass is 9.82. The summed E-state index contributed by atoms with van der Waals surface area (Å²) in [5, 5.41) is 3.14. The number of benzene rings is 1. The van der Waals surface area contributed by atoms with Gasteiger partial charge in [0, 0.05) is 24.0 Å². The van der Waals surface area contributed by atoms with Gasteiger partial charge in [-0.3, -0.25) is 9.78 Å². The van der Waals surface area contributed by atoms with Crippen LogP contribution in [0.3, 0.4) is 0 Å². The number of hydrogen-bond donors (Lipinski definition) is 1. The Labute approximate surface area is 125 Å². The molecule has 1 N–H and O–H groups in total. The van der Waals surface area contributed by atoms with Gasteiger partial charge in [-0.25, -0.2) is 0 Å². The first-order valence-electron chi connectivity index (χ1n) is 7.59. The summed E-state index contributed by atoms with van der Waals surface area (Å²) in [6.45, 7) is 0. The highest BCUT2D eigenvalue weighted by Crippen LogP contribution is 2.32. The molecule has 1 heterocycles. The number of carbonyl (C=O) groups excluding carboxylic acids is 1. The average molecular weight is 280 g/mol. The van der Waals surface area contributed by atoms with Crippen LogP contribution in [0.15, 0.2) is 54.9 Å². The number of amides is 1. The first kappa shape index (κ1) is 13.8. The SMILES string of the molecule is O=C(NC1CCC(c2ccccc2)CC1)c1ccncc1. The van der Waals surface area contributed by atoms with E-state index >= 15 is 0 Å². The summed E-state index contributed by atoms with van der Waals surface area (Å²) >= 11 is 0. The van der Waals surface area contributed by atoms with E-state index in [1.54, 1.807) is 24.5 Å². The molecule has 1 aromatic heterocycles. The van der Waals surface area contributed by atoms with E-state index in [4.69, 9.17) is 0 Å². The van der Waals surface area contributed by atoms with Gasteiger partial charge >= 0.3 is 0 Å². The summed E-state index contributed by atoms with van der Waals surface area (Å²) in [4.78, 5) is 16.1. The molecule has 3 nitrogen and oxygen atoms in total. The third-order valence-electron chi connectivity index (χ3n) is 4.28. The number of carbonyl (C=O) groups is 1. The second-order valence-corrected chi connectivity index (χ2v) is 5.67. The van der Waals surface area contributed by atoms with Crippen LogP contribution in [0, 0.1) is 0 Å². The lowest BCUT2D eigenvalue weighted by molar-refractivity contribution is 0.0925. The van der Waals surface area contributed by atoms with Crippen molar-refractivity contribution < 1.29 is 4.79 Å². The second kappa shape index (κ2) is 6.53. The Bertz CT molecular complexity index is 575. The highest BCUT2D eigenvalue weighted by molar-refractivity contribution is 5.94. The Hall–Kier alpha value is -2.16. The summed E-state index contributed by atoms with van der Waals surface area (Å²) in [5.41, 5.74) is 2.12. The van der Waals surface area contributed by atoms with Crippen LogP contribution in [0.2, 0.25) is 0 Å². The van der Waals surface area contributed by atoms with E-state index in [0.717, 1.165) is 25.7 Å². The number of pyridine rings is 1. The van der Waals surface area contributed by atoms with Gasteiger partial charge in [0.05, 0.1) is 0 Å². The third kappa shape index (κ3) is 3.48. The lowest BCUT2D eigenvalue weighted by Gasteiger charge is -2.29. The highest BCUT2D eigenvalue weighted by atomic mass is 16.1. The maximum Gasteiger partial charge on any atom is 0.251 e. The van der Waals surface area contributed by atoms with Crippen molar-refractivity contribution in [2.45, 2.75) is 37.6 Å². The minimum Gasteiger partial charge on any atom is -0.349 e. The van der Waals surface area contributed by atoms with E-state index < -0.39 is 0 Å². The molecule has 0 radical (unpaired) electrons. The number of rotatable bonds is 3. The molecule has 108 valence electrons. The van der Waals surface area contributed by atoms with Crippen molar-refractivity contribution in [2.75, 3.05) is 0 Å². The van der Waals surface area contributed by atoms with Gasteiger partial charge in [0.2, 0.25) is 0 Å². The van der Waals surface area contributed by atoms with Gasteiger partial charge in [-0.05, 0) is 49.3 Å². The van der Waals surface area contributed by atoms with Crippen LogP contribution >= 0.6 is 0 Å². The molecule has 0 unspecified atom stereocenters. The van der Waals surface area contributed by atoms with E-state index in [1.807, 2.05) is 0 Å². The monoisotopic (exact) mass is 280 g/mol. The Morgan fingerprint density at radius 2 is 1.62 bits per heavy atom. The summed E-state index contributed by atoms with van der Waals surface area (Å²) in [7, 11) is 0. The molecule has 0 saturated heterocycles. The fourth-order valence-electron chi connectivity index (χ4n) is 3.07. The predicted molar refractivity (Wildman–Crippen MR) is 83.1 cm³/mol. The van der Waals surface area contributed by atoms with Crippen molar-refractivity contribution in [1.29, 1.82) is 0 Å². The van der Waals surface area contributed by atoms with Crippen molar-refractivity contribution in [3.63, 3.8) is 0 Å². The summed E-state index contributed by atoms with van der Waals surface area (Å²) in [5.74, 6) is 0.654. The van der Waals surface area contributed by atoms with Crippen molar-refractivity contribution in [3.8, 4) is 0 Å². The third-order valence-corrected chi connectivity index (χ3v) is 4.28. The molecule has 21 heavy (non-hydrogen) atoms. The second-order valence-electron chi connectivity index (χ2n) is 5.67. The molecule has 0 bridgehead atoms. The fourth-order valence-corrected chi connectivity index (χ4v) is 3.07. The predicted octanol–water partition coefficient (Wildman–Crippen LogP) is 3.54. The van der Waals surface area contributed by atoms with Crippen LogP contribution in [0.5, 0.6) is 0 Å². The molecule has 2 aromatic rings.